The van der Waals surface area contributed by atoms with Crippen LogP contribution in [-0.2, 0) is 4.79 Å². The number of nitrogens with one attached hydrogen (secondary N) is 1. The van der Waals surface area contributed by atoms with Gasteiger partial charge in [-0.05, 0) is 17.7 Å². The Balaban J connectivity index is 2.79. The fraction of sp³-hybridized carbons (Fsp3) is 0.182. The fourth-order valence-corrected chi connectivity index (χ4v) is 1.05. The number of carbonyl (C=O) groups is 1. The molecule has 0 radical (unpaired) electrons. The highest BCUT2D eigenvalue weighted by molar-refractivity contribution is 5.88. The number of amides is 1. The SMILES string of the molecule is C#C[C@@H](O)c1ccc(NC(C)=O)cc1. The van der Waals surface area contributed by atoms with Crippen LogP contribution in [0.1, 0.15) is 18.6 Å². The average Bonchev–Trinajstić information content (AvgIpc) is 2.17. The summed E-state index contributed by atoms with van der Waals surface area (Å²) < 4.78 is 0. The first-order chi connectivity index (χ1) is 6.63. The quantitative estimate of drug-likeness (QED) is 0.689. The third-order valence-corrected chi connectivity index (χ3v) is 1.70. The Kier molecular flexibility index (Phi) is 3.27. The van der Waals surface area contributed by atoms with Crippen molar-refractivity contribution in [1.82, 2.24) is 0 Å². The summed E-state index contributed by atoms with van der Waals surface area (Å²) in [6, 6.07) is 6.74. The van der Waals surface area contributed by atoms with Crippen molar-refractivity contribution in [3.05, 3.63) is 29.8 Å². The predicted molar refractivity (Wildman–Crippen MR) is 54.5 cm³/mol. The van der Waals surface area contributed by atoms with Crippen LogP contribution in [-0.4, -0.2) is 11.0 Å². The smallest absolute Gasteiger partial charge is 0.221 e. The Labute approximate surface area is 82.8 Å². The number of hydrogen-bond acceptors (Lipinski definition) is 2. The van der Waals surface area contributed by atoms with Gasteiger partial charge in [-0.25, -0.2) is 0 Å². The maximum absolute atomic E-state index is 10.7. The Morgan fingerprint density at radius 1 is 1.50 bits per heavy atom. The van der Waals surface area contributed by atoms with Crippen LogP contribution >= 0.6 is 0 Å². The van der Waals surface area contributed by atoms with Crippen LogP contribution in [0.4, 0.5) is 5.69 Å². The first-order valence-corrected chi connectivity index (χ1v) is 4.15. The molecule has 0 aliphatic carbocycles. The Morgan fingerprint density at radius 3 is 2.50 bits per heavy atom. The Morgan fingerprint density at radius 2 is 2.07 bits per heavy atom. The number of rotatable bonds is 2. The molecule has 0 spiro atoms. The van der Waals surface area contributed by atoms with Crippen molar-refractivity contribution in [3.8, 4) is 12.3 Å². The molecular weight excluding hydrogens is 178 g/mol. The summed E-state index contributed by atoms with van der Waals surface area (Å²) in [6.45, 7) is 1.43. The van der Waals surface area contributed by atoms with Crippen LogP contribution in [0.15, 0.2) is 24.3 Å². The number of anilines is 1. The van der Waals surface area contributed by atoms with Crippen molar-refractivity contribution in [2.24, 2.45) is 0 Å². The number of benzene rings is 1. The average molecular weight is 189 g/mol. The molecule has 0 bridgehead atoms. The molecule has 2 N–H and O–H groups in total. The molecule has 1 aromatic carbocycles. The Hall–Kier alpha value is -1.79. The molecule has 72 valence electrons. The molecule has 0 saturated heterocycles. The second kappa shape index (κ2) is 4.45. The van der Waals surface area contributed by atoms with Gasteiger partial charge in [0.05, 0.1) is 0 Å². The molecule has 1 atom stereocenters. The second-order valence-corrected chi connectivity index (χ2v) is 2.87. The van der Waals surface area contributed by atoms with E-state index in [1.165, 1.54) is 6.92 Å². The van der Waals surface area contributed by atoms with E-state index in [9.17, 15) is 9.90 Å². The minimum absolute atomic E-state index is 0.129. The monoisotopic (exact) mass is 189 g/mol. The summed E-state index contributed by atoms with van der Waals surface area (Å²) in [6.07, 6.45) is 4.17. The second-order valence-electron chi connectivity index (χ2n) is 2.87. The van der Waals surface area contributed by atoms with Crippen molar-refractivity contribution >= 4 is 11.6 Å². The van der Waals surface area contributed by atoms with E-state index in [0.717, 1.165) is 0 Å². The minimum Gasteiger partial charge on any atom is -0.376 e. The number of hydrogen-bond donors (Lipinski definition) is 2. The first kappa shape index (κ1) is 10.3. The summed E-state index contributed by atoms with van der Waals surface area (Å²) in [5.74, 6) is 2.08. The summed E-state index contributed by atoms with van der Waals surface area (Å²) in [5, 5.41) is 11.9. The molecule has 3 nitrogen and oxygen atoms in total. The lowest BCUT2D eigenvalue weighted by atomic mass is 10.1. The molecular formula is C11H11NO2. The summed E-state index contributed by atoms with van der Waals surface area (Å²) in [5.41, 5.74) is 1.33. The largest absolute Gasteiger partial charge is 0.376 e. The third kappa shape index (κ3) is 2.61. The molecule has 0 heterocycles. The van der Waals surface area contributed by atoms with Gasteiger partial charge in [0.15, 0.2) is 0 Å². The molecule has 0 aliphatic heterocycles. The van der Waals surface area contributed by atoms with Gasteiger partial charge in [0, 0.05) is 12.6 Å². The van der Waals surface area contributed by atoms with Crippen LogP contribution in [0.3, 0.4) is 0 Å². The minimum atomic E-state index is -0.888. The molecule has 3 heteroatoms. The van der Waals surface area contributed by atoms with Gasteiger partial charge < -0.3 is 10.4 Å². The normalized spacial score (nSPS) is 11.5. The van der Waals surface area contributed by atoms with E-state index in [4.69, 9.17) is 6.42 Å². The number of carbonyl (C=O) groups excluding carboxylic acids is 1. The highest BCUT2D eigenvalue weighted by Crippen LogP contribution is 2.15. The summed E-state index contributed by atoms with van der Waals surface area (Å²) in [4.78, 5) is 10.7. The molecule has 0 aromatic heterocycles. The first-order valence-electron chi connectivity index (χ1n) is 4.15. The van der Waals surface area contributed by atoms with Crippen LogP contribution in [0.2, 0.25) is 0 Å². The van der Waals surface area contributed by atoms with Gasteiger partial charge in [0.2, 0.25) is 5.91 Å². The molecule has 1 aromatic rings. The molecule has 1 amide bonds. The fourth-order valence-electron chi connectivity index (χ4n) is 1.05. The van der Waals surface area contributed by atoms with E-state index in [1.54, 1.807) is 24.3 Å². The van der Waals surface area contributed by atoms with E-state index in [2.05, 4.69) is 11.2 Å². The van der Waals surface area contributed by atoms with Gasteiger partial charge >= 0.3 is 0 Å². The van der Waals surface area contributed by atoms with Crippen molar-refractivity contribution in [3.63, 3.8) is 0 Å². The zero-order chi connectivity index (χ0) is 10.6. The third-order valence-electron chi connectivity index (χ3n) is 1.70. The van der Waals surface area contributed by atoms with Gasteiger partial charge in [0.25, 0.3) is 0 Å². The van der Waals surface area contributed by atoms with Gasteiger partial charge in [0.1, 0.15) is 6.10 Å². The Bertz CT molecular complexity index is 362. The standard InChI is InChI=1S/C11H11NO2/c1-3-11(14)9-4-6-10(7-5-9)12-8(2)13/h1,4-7,11,14H,2H3,(H,12,13)/t11-/m1/s1. The number of aliphatic hydroxyl groups excluding tert-OH is 1. The molecule has 0 unspecified atom stereocenters. The lowest BCUT2D eigenvalue weighted by molar-refractivity contribution is -0.114. The van der Waals surface area contributed by atoms with Crippen LogP contribution < -0.4 is 5.32 Å². The van der Waals surface area contributed by atoms with Crippen LogP contribution in [0, 0.1) is 12.3 Å². The van der Waals surface area contributed by atoms with Crippen molar-refractivity contribution in [2.75, 3.05) is 5.32 Å². The van der Waals surface area contributed by atoms with Crippen LogP contribution in [0.5, 0.6) is 0 Å². The zero-order valence-electron chi connectivity index (χ0n) is 7.82. The maximum Gasteiger partial charge on any atom is 0.221 e. The predicted octanol–water partition coefficient (Wildman–Crippen LogP) is 1.31. The number of aliphatic hydroxyl groups is 1. The van der Waals surface area contributed by atoms with Gasteiger partial charge in [-0.15, -0.1) is 6.42 Å². The van der Waals surface area contributed by atoms with E-state index in [-0.39, 0.29) is 5.91 Å². The molecule has 0 saturated carbocycles. The van der Waals surface area contributed by atoms with Crippen molar-refractivity contribution in [1.29, 1.82) is 0 Å². The van der Waals surface area contributed by atoms with E-state index in [1.807, 2.05) is 0 Å². The van der Waals surface area contributed by atoms with Crippen molar-refractivity contribution < 1.29 is 9.90 Å². The highest BCUT2D eigenvalue weighted by Gasteiger charge is 2.02. The molecule has 14 heavy (non-hydrogen) atoms. The summed E-state index contributed by atoms with van der Waals surface area (Å²) >= 11 is 0. The molecule has 0 fully saturated rings. The van der Waals surface area contributed by atoms with E-state index in [0.29, 0.717) is 11.3 Å². The number of terminal acetylenes is 1. The lowest BCUT2D eigenvalue weighted by Gasteiger charge is -2.05. The van der Waals surface area contributed by atoms with Crippen molar-refractivity contribution in [2.45, 2.75) is 13.0 Å². The molecule has 0 aliphatic rings. The van der Waals surface area contributed by atoms with Gasteiger partial charge in [-0.3, -0.25) is 4.79 Å². The van der Waals surface area contributed by atoms with E-state index < -0.39 is 6.10 Å². The zero-order valence-corrected chi connectivity index (χ0v) is 7.82. The maximum atomic E-state index is 10.7. The highest BCUT2D eigenvalue weighted by atomic mass is 16.3. The molecule has 1 rings (SSSR count). The van der Waals surface area contributed by atoms with E-state index >= 15 is 0 Å². The van der Waals surface area contributed by atoms with Crippen LogP contribution in [0.25, 0.3) is 0 Å². The van der Waals surface area contributed by atoms with Gasteiger partial charge in [-0.2, -0.15) is 0 Å². The topological polar surface area (TPSA) is 49.3 Å². The van der Waals surface area contributed by atoms with Gasteiger partial charge in [-0.1, -0.05) is 18.1 Å². The summed E-state index contributed by atoms with van der Waals surface area (Å²) in [7, 11) is 0. The lowest BCUT2D eigenvalue weighted by Crippen LogP contribution is -2.05.